The fourth-order valence-electron chi connectivity index (χ4n) is 4.86. The minimum atomic E-state index is -0.807. The van der Waals surface area contributed by atoms with E-state index in [-0.39, 0.29) is 22.6 Å². The number of aromatic amines is 2. The SMILES string of the molecule is CCOc1cc(C(c2c(C)[nH]n(-c3ccccc3)c2=O)c2c(C)[nH]n(-c3ccccc3)c2=O)c(Br)c(Br)c1O. The maximum atomic E-state index is 14.1. The van der Waals surface area contributed by atoms with Gasteiger partial charge in [-0.2, -0.15) is 0 Å². The minimum Gasteiger partial charge on any atom is -0.503 e. The first-order valence-electron chi connectivity index (χ1n) is 12.3. The van der Waals surface area contributed by atoms with Gasteiger partial charge in [-0.1, -0.05) is 36.4 Å². The van der Waals surface area contributed by atoms with E-state index in [0.717, 1.165) is 0 Å². The number of rotatable bonds is 7. The van der Waals surface area contributed by atoms with Crippen LogP contribution in [0, 0.1) is 13.8 Å². The van der Waals surface area contributed by atoms with Gasteiger partial charge in [0, 0.05) is 21.8 Å². The van der Waals surface area contributed by atoms with Crippen LogP contribution in [0.5, 0.6) is 11.5 Å². The van der Waals surface area contributed by atoms with Gasteiger partial charge >= 0.3 is 0 Å². The molecule has 200 valence electrons. The van der Waals surface area contributed by atoms with Gasteiger partial charge in [0.2, 0.25) is 0 Å². The Morgan fingerprint density at radius 1 is 0.821 bits per heavy atom. The zero-order valence-electron chi connectivity index (χ0n) is 21.5. The summed E-state index contributed by atoms with van der Waals surface area (Å²) in [5.74, 6) is -0.648. The molecule has 39 heavy (non-hydrogen) atoms. The monoisotopic (exact) mass is 652 g/mol. The topological polar surface area (TPSA) is 105 Å². The lowest BCUT2D eigenvalue weighted by molar-refractivity contribution is 0.316. The highest BCUT2D eigenvalue weighted by Crippen LogP contribution is 2.47. The third kappa shape index (κ3) is 4.68. The van der Waals surface area contributed by atoms with Gasteiger partial charge in [0.1, 0.15) is 0 Å². The van der Waals surface area contributed by atoms with Crippen LogP contribution in [0.4, 0.5) is 0 Å². The van der Waals surface area contributed by atoms with Crippen molar-refractivity contribution < 1.29 is 9.84 Å². The van der Waals surface area contributed by atoms with Gasteiger partial charge < -0.3 is 9.84 Å². The van der Waals surface area contributed by atoms with Gasteiger partial charge in [0.05, 0.1) is 33.6 Å². The zero-order valence-corrected chi connectivity index (χ0v) is 24.6. The number of aromatic nitrogens is 4. The summed E-state index contributed by atoms with van der Waals surface area (Å²) in [6, 6.07) is 20.2. The molecule has 2 aromatic heterocycles. The largest absolute Gasteiger partial charge is 0.503 e. The average Bonchev–Trinajstić information content (AvgIpc) is 3.41. The number of benzene rings is 3. The molecule has 0 unspecified atom stereocenters. The van der Waals surface area contributed by atoms with Crippen molar-refractivity contribution in [2.45, 2.75) is 26.7 Å². The van der Waals surface area contributed by atoms with Crippen molar-refractivity contribution in [1.29, 1.82) is 0 Å². The van der Waals surface area contributed by atoms with E-state index < -0.39 is 5.92 Å². The van der Waals surface area contributed by atoms with E-state index >= 15 is 0 Å². The van der Waals surface area contributed by atoms with E-state index in [1.54, 1.807) is 6.07 Å². The number of aryl methyl sites for hydroxylation is 2. The van der Waals surface area contributed by atoms with Crippen molar-refractivity contribution in [2.75, 3.05) is 6.61 Å². The molecule has 3 N–H and O–H groups in total. The second-order valence-electron chi connectivity index (χ2n) is 9.06. The van der Waals surface area contributed by atoms with Crippen LogP contribution in [-0.4, -0.2) is 31.3 Å². The molecule has 0 fully saturated rings. The smallest absolute Gasteiger partial charge is 0.275 e. The third-order valence-electron chi connectivity index (χ3n) is 6.63. The highest BCUT2D eigenvalue weighted by Gasteiger charge is 2.34. The second kappa shape index (κ2) is 10.8. The third-order valence-corrected chi connectivity index (χ3v) is 8.78. The highest BCUT2D eigenvalue weighted by molar-refractivity contribution is 9.13. The molecular formula is C29H26Br2N4O4. The molecule has 0 saturated carbocycles. The van der Waals surface area contributed by atoms with Crippen molar-refractivity contribution in [1.82, 2.24) is 19.6 Å². The van der Waals surface area contributed by atoms with E-state index in [0.29, 0.717) is 55.0 Å². The molecule has 0 atom stereocenters. The molecule has 0 aliphatic carbocycles. The number of ether oxygens (including phenoxy) is 1. The standard InChI is InChI=1S/C29H26Br2N4O4/c1-4-39-21-15-20(25(30)26(31)27(21)36)24(22-16(2)32-34(28(22)37)18-11-7-5-8-12-18)23-17(3)33-35(29(23)38)19-13-9-6-10-14-19/h5-15,24,32-33,36H,4H2,1-3H3. The van der Waals surface area contributed by atoms with E-state index in [1.807, 2.05) is 81.4 Å². The van der Waals surface area contributed by atoms with Crippen molar-refractivity contribution in [2.24, 2.45) is 0 Å². The summed E-state index contributed by atoms with van der Waals surface area (Å²) in [4.78, 5) is 28.1. The quantitative estimate of drug-likeness (QED) is 0.198. The lowest BCUT2D eigenvalue weighted by Crippen LogP contribution is -2.25. The number of phenols is 1. The molecule has 5 rings (SSSR count). The molecule has 5 aromatic rings. The minimum absolute atomic E-state index is 0.0776. The molecule has 2 heterocycles. The Labute approximate surface area is 241 Å². The summed E-state index contributed by atoms with van der Waals surface area (Å²) in [5, 5.41) is 17.1. The zero-order chi connectivity index (χ0) is 27.8. The van der Waals surface area contributed by atoms with Crippen molar-refractivity contribution in [3.8, 4) is 22.9 Å². The summed E-state index contributed by atoms with van der Waals surface area (Å²) < 4.78 is 9.54. The Morgan fingerprint density at radius 2 is 1.28 bits per heavy atom. The molecule has 0 aliphatic heterocycles. The Hall–Kier alpha value is -3.76. The fraction of sp³-hybridized carbons (Fsp3) is 0.172. The maximum Gasteiger partial charge on any atom is 0.275 e. The molecule has 0 amide bonds. The molecule has 10 heteroatoms. The van der Waals surface area contributed by atoms with E-state index in [1.165, 1.54) is 9.36 Å². The van der Waals surface area contributed by atoms with Crippen LogP contribution in [0.3, 0.4) is 0 Å². The number of para-hydroxylation sites is 2. The van der Waals surface area contributed by atoms with Gasteiger partial charge in [-0.15, -0.1) is 0 Å². The predicted octanol–water partition coefficient (Wildman–Crippen LogP) is 6.07. The average molecular weight is 654 g/mol. The first-order valence-corrected chi connectivity index (χ1v) is 13.9. The Balaban J connectivity index is 1.85. The van der Waals surface area contributed by atoms with Crippen LogP contribution in [0.2, 0.25) is 0 Å². The predicted molar refractivity (Wildman–Crippen MR) is 158 cm³/mol. The van der Waals surface area contributed by atoms with Crippen molar-refractivity contribution in [3.63, 3.8) is 0 Å². The van der Waals surface area contributed by atoms with Gasteiger partial charge in [0.25, 0.3) is 11.1 Å². The summed E-state index contributed by atoms with van der Waals surface area (Å²) >= 11 is 7.08. The van der Waals surface area contributed by atoms with Crippen LogP contribution in [0.25, 0.3) is 11.4 Å². The Kier molecular flexibility index (Phi) is 7.42. The first kappa shape index (κ1) is 26.8. The van der Waals surface area contributed by atoms with Crippen molar-refractivity contribution >= 4 is 31.9 Å². The van der Waals surface area contributed by atoms with Crippen LogP contribution in [0.1, 0.15) is 40.9 Å². The number of halogens is 2. The summed E-state index contributed by atoms with van der Waals surface area (Å²) in [5.41, 5.74) is 3.37. The number of nitrogens with one attached hydrogen (secondary N) is 2. The van der Waals surface area contributed by atoms with Crippen LogP contribution in [0.15, 0.2) is 85.3 Å². The van der Waals surface area contributed by atoms with E-state index in [9.17, 15) is 14.7 Å². The van der Waals surface area contributed by atoms with Crippen LogP contribution < -0.4 is 15.9 Å². The number of phenolic OH excluding ortho intramolecular Hbond substituents is 1. The Morgan fingerprint density at radius 3 is 1.72 bits per heavy atom. The lowest BCUT2D eigenvalue weighted by atomic mass is 9.85. The van der Waals surface area contributed by atoms with Crippen LogP contribution >= 0.6 is 31.9 Å². The molecular weight excluding hydrogens is 628 g/mol. The van der Waals surface area contributed by atoms with Gasteiger partial charge in [-0.05, 0) is 88.5 Å². The molecule has 8 nitrogen and oxygen atoms in total. The molecule has 0 spiro atoms. The van der Waals surface area contributed by atoms with Crippen LogP contribution in [-0.2, 0) is 0 Å². The fourth-order valence-corrected chi connectivity index (χ4v) is 5.82. The Bertz CT molecular complexity index is 1670. The number of hydrogen-bond acceptors (Lipinski definition) is 4. The molecule has 0 aliphatic rings. The maximum absolute atomic E-state index is 14.1. The van der Waals surface area contributed by atoms with Gasteiger partial charge in [-0.25, -0.2) is 9.36 Å². The van der Waals surface area contributed by atoms with Gasteiger partial charge in [0.15, 0.2) is 11.5 Å². The number of nitrogens with zero attached hydrogens (tertiary/aromatic N) is 2. The van der Waals surface area contributed by atoms with E-state index in [4.69, 9.17) is 4.74 Å². The summed E-state index contributed by atoms with van der Waals surface area (Å²) in [6.07, 6.45) is 0. The highest BCUT2D eigenvalue weighted by atomic mass is 79.9. The first-order chi connectivity index (χ1) is 18.7. The summed E-state index contributed by atoms with van der Waals surface area (Å²) in [6.45, 7) is 5.76. The normalized spacial score (nSPS) is 11.3. The van der Waals surface area contributed by atoms with Gasteiger partial charge in [-0.3, -0.25) is 19.8 Å². The molecule has 0 saturated heterocycles. The van der Waals surface area contributed by atoms with Crippen molar-refractivity contribution in [3.05, 3.63) is 124 Å². The number of aromatic hydroxyl groups is 1. The number of H-pyrrole nitrogens is 2. The lowest BCUT2D eigenvalue weighted by Gasteiger charge is -2.20. The second-order valence-corrected chi connectivity index (χ2v) is 10.6. The summed E-state index contributed by atoms with van der Waals surface area (Å²) in [7, 11) is 0. The van der Waals surface area contributed by atoms with E-state index in [2.05, 4.69) is 42.1 Å². The molecule has 0 bridgehead atoms. The molecule has 3 aromatic carbocycles. The molecule has 0 radical (unpaired) electrons. The number of hydrogen-bond donors (Lipinski definition) is 3.